The fraction of sp³-hybridized carbons (Fsp3) is 0.500. The van der Waals surface area contributed by atoms with Crippen LogP contribution in [0.2, 0.25) is 0 Å². The molecule has 1 aliphatic heterocycles. The molecule has 0 spiro atoms. The molecule has 2 aromatic rings. The summed E-state index contributed by atoms with van der Waals surface area (Å²) in [6, 6.07) is 8.37. The molecule has 0 radical (unpaired) electrons. The molecular formula is C18H26N4O. The van der Waals surface area contributed by atoms with E-state index in [1.807, 2.05) is 6.07 Å². The Morgan fingerprint density at radius 3 is 2.78 bits per heavy atom. The summed E-state index contributed by atoms with van der Waals surface area (Å²) in [5, 5.41) is 7.27. The van der Waals surface area contributed by atoms with Gasteiger partial charge >= 0.3 is 6.03 Å². The summed E-state index contributed by atoms with van der Waals surface area (Å²) in [7, 11) is 2.12. The van der Waals surface area contributed by atoms with Crippen LogP contribution < -0.4 is 10.6 Å². The van der Waals surface area contributed by atoms with Gasteiger partial charge in [0, 0.05) is 24.5 Å². The van der Waals surface area contributed by atoms with E-state index in [2.05, 4.69) is 58.5 Å². The van der Waals surface area contributed by atoms with Gasteiger partial charge in [-0.3, -0.25) is 0 Å². The predicted octanol–water partition coefficient (Wildman–Crippen LogP) is 3.27. The van der Waals surface area contributed by atoms with Gasteiger partial charge in [0.2, 0.25) is 0 Å². The highest BCUT2D eigenvalue weighted by atomic mass is 16.2. The van der Waals surface area contributed by atoms with Gasteiger partial charge in [0.1, 0.15) is 0 Å². The van der Waals surface area contributed by atoms with Crippen LogP contribution in [-0.2, 0) is 6.54 Å². The van der Waals surface area contributed by atoms with E-state index in [1.165, 1.54) is 10.9 Å². The van der Waals surface area contributed by atoms with Crippen LogP contribution in [0.25, 0.3) is 10.9 Å². The number of rotatable bonds is 4. The smallest absolute Gasteiger partial charge is 0.319 e. The minimum absolute atomic E-state index is 0.104. The molecule has 2 N–H and O–H groups in total. The highest BCUT2D eigenvalue weighted by Gasteiger charge is 2.18. The molecule has 23 heavy (non-hydrogen) atoms. The zero-order valence-electron chi connectivity index (χ0n) is 14.0. The number of aryl methyl sites for hydroxylation is 1. The van der Waals surface area contributed by atoms with Crippen molar-refractivity contribution in [2.75, 3.05) is 25.5 Å². The first-order valence-electron chi connectivity index (χ1n) is 8.50. The van der Waals surface area contributed by atoms with E-state index < -0.39 is 0 Å². The first-order chi connectivity index (χ1) is 11.2. The lowest BCUT2D eigenvalue weighted by atomic mass is 10.1. The predicted molar refractivity (Wildman–Crippen MR) is 94.9 cm³/mol. The monoisotopic (exact) mass is 314 g/mol. The summed E-state index contributed by atoms with van der Waals surface area (Å²) in [6.45, 7) is 5.25. The Hall–Kier alpha value is -2.01. The lowest BCUT2D eigenvalue weighted by Crippen LogP contribution is -2.44. The molecule has 0 saturated carbocycles. The Balaban J connectivity index is 1.63. The van der Waals surface area contributed by atoms with Crippen molar-refractivity contribution >= 4 is 22.6 Å². The van der Waals surface area contributed by atoms with Crippen molar-refractivity contribution in [3.05, 3.63) is 30.5 Å². The quantitative estimate of drug-likeness (QED) is 0.910. The maximum atomic E-state index is 12.2. The Morgan fingerprint density at radius 1 is 1.26 bits per heavy atom. The van der Waals surface area contributed by atoms with Crippen LogP contribution in [0.15, 0.2) is 30.5 Å². The van der Waals surface area contributed by atoms with E-state index in [0.717, 1.165) is 44.6 Å². The first kappa shape index (κ1) is 15.9. The van der Waals surface area contributed by atoms with Crippen molar-refractivity contribution in [2.24, 2.45) is 0 Å². The number of nitrogens with one attached hydrogen (secondary N) is 2. The number of amides is 2. The number of carbonyl (C=O) groups is 1. The number of likely N-dealkylation sites (tertiary alicyclic amines) is 1. The number of aromatic nitrogens is 1. The lowest BCUT2D eigenvalue weighted by Gasteiger charge is -2.29. The molecule has 1 fully saturated rings. The van der Waals surface area contributed by atoms with E-state index in [1.54, 1.807) is 0 Å². The lowest BCUT2D eigenvalue weighted by molar-refractivity contribution is 0.221. The number of nitrogens with zero attached hydrogens (tertiary/aromatic N) is 2. The average molecular weight is 314 g/mol. The van der Waals surface area contributed by atoms with Crippen LogP contribution in [-0.4, -0.2) is 41.7 Å². The van der Waals surface area contributed by atoms with Crippen molar-refractivity contribution < 1.29 is 4.79 Å². The standard InChI is InChI=1S/C18H26N4O/c1-3-9-22-12-6-14-4-5-16(13-17(14)22)20-18(23)19-15-7-10-21(2)11-8-15/h4-6,12-13,15H,3,7-11H2,1-2H3,(H2,19,20,23). The Bertz CT molecular complexity index is 671. The zero-order chi connectivity index (χ0) is 16.2. The van der Waals surface area contributed by atoms with Gasteiger partial charge in [-0.2, -0.15) is 0 Å². The summed E-state index contributed by atoms with van der Waals surface area (Å²) < 4.78 is 2.23. The molecule has 5 heteroatoms. The van der Waals surface area contributed by atoms with Gasteiger partial charge < -0.3 is 20.1 Å². The summed E-state index contributed by atoms with van der Waals surface area (Å²) in [5.41, 5.74) is 2.02. The molecule has 3 rings (SSSR count). The van der Waals surface area contributed by atoms with Crippen molar-refractivity contribution in [3.8, 4) is 0 Å². The minimum atomic E-state index is -0.104. The maximum absolute atomic E-state index is 12.2. The molecular weight excluding hydrogens is 288 g/mol. The molecule has 2 heterocycles. The van der Waals surface area contributed by atoms with Crippen molar-refractivity contribution in [2.45, 2.75) is 38.8 Å². The molecule has 0 bridgehead atoms. The third-order valence-electron chi connectivity index (χ3n) is 4.55. The van der Waals surface area contributed by atoms with Crippen LogP contribution in [0, 0.1) is 0 Å². The van der Waals surface area contributed by atoms with Crippen LogP contribution in [0.5, 0.6) is 0 Å². The summed E-state index contributed by atoms with van der Waals surface area (Å²) in [5.74, 6) is 0. The number of fused-ring (bicyclic) bond motifs is 1. The van der Waals surface area contributed by atoms with Crippen LogP contribution in [0.1, 0.15) is 26.2 Å². The molecule has 5 nitrogen and oxygen atoms in total. The number of piperidine rings is 1. The molecule has 1 aliphatic rings. The Kier molecular flexibility index (Phi) is 4.86. The van der Waals surface area contributed by atoms with E-state index >= 15 is 0 Å². The number of hydrogen-bond donors (Lipinski definition) is 2. The van der Waals surface area contributed by atoms with E-state index in [-0.39, 0.29) is 12.1 Å². The largest absolute Gasteiger partial charge is 0.347 e. The summed E-state index contributed by atoms with van der Waals surface area (Å²) >= 11 is 0. The van der Waals surface area contributed by atoms with Gasteiger partial charge in [0.25, 0.3) is 0 Å². The third kappa shape index (κ3) is 3.85. The van der Waals surface area contributed by atoms with Gasteiger partial charge in [-0.15, -0.1) is 0 Å². The highest BCUT2D eigenvalue weighted by molar-refractivity contribution is 5.93. The van der Waals surface area contributed by atoms with Crippen LogP contribution in [0.4, 0.5) is 10.5 Å². The maximum Gasteiger partial charge on any atom is 0.319 e. The van der Waals surface area contributed by atoms with Crippen LogP contribution in [0.3, 0.4) is 0 Å². The van der Waals surface area contributed by atoms with Gasteiger partial charge in [0.05, 0.1) is 5.52 Å². The Labute approximate surface area is 137 Å². The number of urea groups is 1. The van der Waals surface area contributed by atoms with E-state index in [4.69, 9.17) is 0 Å². The highest BCUT2D eigenvalue weighted by Crippen LogP contribution is 2.21. The fourth-order valence-electron chi connectivity index (χ4n) is 3.20. The normalized spacial score (nSPS) is 16.6. The second-order valence-electron chi connectivity index (χ2n) is 6.46. The number of hydrogen-bond acceptors (Lipinski definition) is 2. The molecule has 124 valence electrons. The van der Waals surface area contributed by atoms with Crippen molar-refractivity contribution in [1.82, 2.24) is 14.8 Å². The molecule has 0 unspecified atom stereocenters. The number of anilines is 1. The second-order valence-corrected chi connectivity index (χ2v) is 6.46. The summed E-state index contributed by atoms with van der Waals surface area (Å²) in [6.07, 6.45) is 5.24. The topological polar surface area (TPSA) is 49.3 Å². The zero-order valence-corrected chi connectivity index (χ0v) is 14.0. The molecule has 0 atom stereocenters. The fourth-order valence-corrected chi connectivity index (χ4v) is 3.20. The molecule has 1 aromatic carbocycles. The number of benzene rings is 1. The average Bonchev–Trinajstić information content (AvgIpc) is 2.93. The van der Waals surface area contributed by atoms with Crippen molar-refractivity contribution in [1.29, 1.82) is 0 Å². The SMILES string of the molecule is CCCn1ccc2ccc(NC(=O)NC3CCN(C)CC3)cc21. The summed E-state index contributed by atoms with van der Waals surface area (Å²) in [4.78, 5) is 14.5. The van der Waals surface area contributed by atoms with Gasteiger partial charge in [-0.1, -0.05) is 13.0 Å². The van der Waals surface area contributed by atoms with E-state index in [9.17, 15) is 4.79 Å². The van der Waals surface area contributed by atoms with E-state index in [0.29, 0.717) is 0 Å². The minimum Gasteiger partial charge on any atom is -0.347 e. The van der Waals surface area contributed by atoms with Gasteiger partial charge in [-0.05, 0) is 63.0 Å². The first-order valence-corrected chi connectivity index (χ1v) is 8.50. The van der Waals surface area contributed by atoms with Crippen molar-refractivity contribution in [3.63, 3.8) is 0 Å². The van der Waals surface area contributed by atoms with Gasteiger partial charge in [-0.25, -0.2) is 4.79 Å². The molecule has 0 aliphatic carbocycles. The second kappa shape index (κ2) is 7.04. The molecule has 1 saturated heterocycles. The Morgan fingerprint density at radius 2 is 2.04 bits per heavy atom. The third-order valence-corrected chi connectivity index (χ3v) is 4.55. The number of carbonyl (C=O) groups excluding carboxylic acids is 1. The molecule has 1 aromatic heterocycles. The van der Waals surface area contributed by atoms with Crippen LogP contribution >= 0.6 is 0 Å². The van der Waals surface area contributed by atoms with Gasteiger partial charge in [0.15, 0.2) is 0 Å². The molecule has 2 amide bonds.